The molecule has 2 fully saturated rings. The van der Waals surface area contributed by atoms with E-state index in [2.05, 4.69) is 5.32 Å². The van der Waals surface area contributed by atoms with E-state index < -0.39 is 0 Å². The molecule has 2 unspecified atom stereocenters. The van der Waals surface area contributed by atoms with Crippen LogP contribution in [0.4, 0.5) is 0 Å². The second-order valence-electron chi connectivity index (χ2n) is 5.73. The first-order valence-electron chi connectivity index (χ1n) is 7.48. The largest absolute Gasteiger partial charge is 0.494 e. The molecule has 20 heavy (non-hydrogen) atoms. The Hall–Kier alpha value is -1.55. The Labute approximate surface area is 120 Å². The summed E-state index contributed by atoms with van der Waals surface area (Å²) < 4.78 is 5.47. The van der Waals surface area contributed by atoms with Gasteiger partial charge in [-0.1, -0.05) is 12.1 Å². The molecule has 0 spiro atoms. The van der Waals surface area contributed by atoms with Crippen molar-refractivity contribution in [3.05, 3.63) is 29.8 Å². The Morgan fingerprint density at radius 2 is 2.00 bits per heavy atom. The van der Waals surface area contributed by atoms with E-state index in [1.54, 1.807) is 0 Å². The molecule has 0 aromatic heterocycles. The highest BCUT2D eigenvalue weighted by Gasteiger charge is 2.39. The number of hydrogen-bond donors (Lipinski definition) is 1. The van der Waals surface area contributed by atoms with E-state index in [1.165, 1.54) is 12.8 Å². The molecule has 1 aliphatic heterocycles. The van der Waals surface area contributed by atoms with Crippen LogP contribution >= 0.6 is 0 Å². The van der Waals surface area contributed by atoms with Crippen LogP contribution in [0.1, 0.15) is 38.4 Å². The highest BCUT2D eigenvalue weighted by molar-refractivity contribution is 5.84. The Kier molecular flexibility index (Phi) is 3.66. The van der Waals surface area contributed by atoms with Crippen LogP contribution in [0, 0.1) is 5.92 Å². The Morgan fingerprint density at radius 1 is 1.30 bits per heavy atom. The molecule has 0 radical (unpaired) electrons. The van der Waals surface area contributed by atoms with Crippen LogP contribution in [-0.2, 0) is 4.79 Å². The predicted molar refractivity (Wildman–Crippen MR) is 77.4 cm³/mol. The fourth-order valence-electron chi connectivity index (χ4n) is 2.74. The third kappa shape index (κ3) is 2.66. The molecule has 3 rings (SSSR count). The second-order valence-corrected chi connectivity index (χ2v) is 5.73. The lowest BCUT2D eigenvalue weighted by molar-refractivity contribution is -0.130. The van der Waals surface area contributed by atoms with Crippen LogP contribution in [-0.4, -0.2) is 30.0 Å². The Morgan fingerprint density at radius 3 is 2.60 bits per heavy atom. The molecule has 4 nitrogen and oxygen atoms in total. The lowest BCUT2D eigenvalue weighted by Gasteiger charge is -2.24. The Bertz CT molecular complexity index is 482. The van der Waals surface area contributed by atoms with Gasteiger partial charge in [0.05, 0.1) is 12.6 Å². The molecule has 108 valence electrons. The van der Waals surface area contributed by atoms with Crippen LogP contribution in [0.5, 0.6) is 5.75 Å². The monoisotopic (exact) mass is 274 g/mol. The van der Waals surface area contributed by atoms with Gasteiger partial charge in [-0.25, -0.2) is 0 Å². The smallest absolute Gasteiger partial charge is 0.241 e. The van der Waals surface area contributed by atoms with Crippen molar-refractivity contribution in [1.29, 1.82) is 0 Å². The number of carbonyl (C=O) groups excluding carboxylic acids is 1. The fourth-order valence-corrected chi connectivity index (χ4v) is 2.74. The lowest BCUT2D eigenvalue weighted by Crippen LogP contribution is -2.32. The molecular weight excluding hydrogens is 252 g/mol. The maximum absolute atomic E-state index is 12.3. The molecule has 4 heteroatoms. The van der Waals surface area contributed by atoms with Crippen molar-refractivity contribution in [3.63, 3.8) is 0 Å². The SMILES string of the molecule is CCOc1ccc(C2NC(C)C(=O)N2CC2CC2)cc1. The summed E-state index contributed by atoms with van der Waals surface area (Å²) in [5.74, 6) is 1.80. The van der Waals surface area contributed by atoms with Crippen molar-refractivity contribution >= 4 is 5.91 Å². The highest BCUT2D eigenvalue weighted by atomic mass is 16.5. The minimum absolute atomic E-state index is 0.00813. The molecular formula is C16H22N2O2. The van der Waals surface area contributed by atoms with Crippen molar-refractivity contribution in [2.75, 3.05) is 13.2 Å². The molecule has 1 saturated carbocycles. The number of rotatable bonds is 5. The zero-order valence-electron chi connectivity index (χ0n) is 12.1. The van der Waals surface area contributed by atoms with E-state index in [0.29, 0.717) is 12.5 Å². The maximum Gasteiger partial charge on any atom is 0.241 e. The number of amides is 1. The van der Waals surface area contributed by atoms with Gasteiger partial charge >= 0.3 is 0 Å². The van der Waals surface area contributed by atoms with Crippen LogP contribution in [0.25, 0.3) is 0 Å². The summed E-state index contributed by atoms with van der Waals surface area (Å²) in [5, 5.41) is 3.39. The van der Waals surface area contributed by atoms with Crippen molar-refractivity contribution in [2.45, 2.75) is 38.9 Å². The van der Waals surface area contributed by atoms with Crippen LogP contribution < -0.4 is 10.1 Å². The molecule has 1 saturated heterocycles. The van der Waals surface area contributed by atoms with E-state index in [1.807, 2.05) is 43.0 Å². The van der Waals surface area contributed by atoms with Gasteiger partial charge in [0.2, 0.25) is 5.91 Å². The molecule has 0 bridgehead atoms. The van der Waals surface area contributed by atoms with Crippen LogP contribution in [0.15, 0.2) is 24.3 Å². The van der Waals surface area contributed by atoms with E-state index in [9.17, 15) is 4.79 Å². The van der Waals surface area contributed by atoms with Crippen molar-refractivity contribution in [2.24, 2.45) is 5.92 Å². The molecule has 1 aromatic rings. The van der Waals surface area contributed by atoms with Gasteiger partial charge in [-0.2, -0.15) is 0 Å². The van der Waals surface area contributed by atoms with Gasteiger partial charge in [-0.3, -0.25) is 10.1 Å². The summed E-state index contributed by atoms with van der Waals surface area (Å²) in [5.41, 5.74) is 1.13. The second kappa shape index (κ2) is 5.44. The first-order valence-corrected chi connectivity index (χ1v) is 7.48. The summed E-state index contributed by atoms with van der Waals surface area (Å²) in [7, 11) is 0. The number of ether oxygens (including phenoxy) is 1. The molecule has 1 heterocycles. The standard InChI is InChI=1S/C16H22N2O2/c1-3-20-14-8-6-13(7-9-14)15-17-11(2)16(19)18(15)10-12-4-5-12/h6-9,11-12,15,17H,3-5,10H2,1-2H3. The van der Waals surface area contributed by atoms with Gasteiger partial charge in [0.25, 0.3) is 0 Å². The average Bonchev–Trinajstić information content (AvgIpc) is 3.22. The van der Waals surface area contributed by atoms with Crippen LogP contribution in [0.2, 0.25) is 0 Å². The lowest BCUT2D eigenvalue weighted by atomic mass is 10.1. The summed E-state index contributed by atoms with van der Waals surface area (Å²) in [6.07, 6.45) is 2.52. The summed E-state index contributed by atoms with van der Waals surface area (Å²) in [6, 6.07) is 7.96. The minimum atomic E-state index is -0.0923. The zero-order chi connectivity index (χ0) is 14.1. The quantitative estimate of drug-likeness (QED) is 0.896. The zero-order valence-corrected chi connectivity index (χ0v) is 12.1. The van der Waals surface area contributed by atoms with Gasteiger partial charge < -0.3 is 9.64 Å². The molecule has 1 aromatic carbocycles. The first-order chi connectivity index (χ1) is 9.69. The summed E-state index contributed by atoms with van der Waals surface area (Å²) in [6.45, 7) is 5.47. The van der Waals surface area contributed by atoms with Crippen LogP contribution in [0.3, 0.4) is 0 Å². The first kappa shape index (κ1) is 13.4. The number of nitrogens with zero attached hydrogens (tertiary/aromatic N) is 1. The van der Waals surface area contributed by atoms with E-state index >= 15 is 0 Å². The van der Waals surface area contributed by atoms with Crippen molar-refractivity contribution in [3.8, 4) is 5.75 Å². The molecule has 2 aliphatic rings. The predicted octanol–water partition coefficient (Wildman–Crippen LogP) is 2.31. The summed E-state index contributed by atoms with van der Waals surface area (Å²) >= 11 is 0. The number of benzene rings is 1. The molecule has 1 aliphatic carbocycles. The molecule has 1 N–H and O–H groups in total. The Balaban J connectivity index is 1.77. The van der Waals surface area contributed by atoms with E-state index in [-0.39, 0.29) is 18.1 Å². The number of nitrogens with one attached hydrogen (secondary N) is 1. The third-order valence-corrected chi connectivity index (χ3v) is 4.03. The number of hydrogen-bond acceptors (Lipinski definition) is 3. The third-order valence-electron chi connectivity index (χ3n) is 4.03. The molecule has 2 atom stereocenters. The summed E-state index contributed by atoms with van der Waals surface area (Å²) in [4.78, 5) is 14.3. The fraction of sp³-hybridized carbons (Fsp3) is 0.562. The normalized spacial score (nSPS) is 26.1. The van der Waals surface area contributed by atoms with E-state index in [4.69, 9.17) is 4.74 Å². The molecule has 1 amide bonds. The average molecular weight is 274 g/mol. The van der Waals surface area contributed by atoms with Gasteiger partial charge in [0, 0.05) is 6.54 Å². The minimum Gasteiger partial charge on any atom is -0.494 e. The van der Waals surface area contributed by atoms with Gasteiger partial charge in [-0.15, -0.1) is 0 Å². The highest BCUT2D eigenvalue weighted by Crippen LogP contribution is 2.34. The topological polar surface area (TPSA) is 41.6 Å². The number of carbonyl (C=O) groups is 1. The van der Waals surface area contributed by atoms with Crippen molar-refractivity contribution in [1.82, 2.24) is 10.2 Å². The van der Waals surface area contributed by atoms with E-state index in [0.717, 1.165) is 17.9 Å². The maximum atomic E-state index is 12.3. The van der Waals surface area contributed by atoms with Gasteiger partial charge in [0.15, 0.2) is 0 Å². The van der Waals surface area contributed by atoms with Gasteiger partial charge in [0.1, 0.15) is 11.9 Å². The van der Waals surface area contributed by atoms with Gasteiger partial charge in [-0.05, 0) is 50.3 Å². The van der Waals surface area contributed by atoms with Crippen molar-refractivity contribution < 1.29 is 9.53 Å².